The molecule has 0 spiro atoms. The van der Waals surface area contributed by atoms with Gasteiger partial charge in [-0.25, -0.2) is 24.1 Å². The Morgan fingerprint density at radius 3 is 2.41 bits per heavy atom. The van der Waals surface area contributed by atoms with Crippen LogP contribution in [-0.4, -0.2) is 116 Å². The fourth-order valence-corrected chi connectivity index (χ4v) is 9.68. The fourth-order valence-electron chi connectivity index (χ4n) is 8.91. The molecule has 2 aliphatic heterocycles. The summed E-state index contributed by atoms with van der Waals surface area (Å²) >= 11 is 1.40. The summed E-state index contributed by atoms with van der Waals surface area (Å²) in [5, 5.41) is 31.2. The highest BCUT2D eigenvalue weighted by Gasteiger charge is 2.52. The first kappa shape index (κ1) is 51.9. The molecule has 2 aliphatic rings. The quantitative estimate of drug-likeness (QED) is 0.0852. The second-order valence-corrected chi connectivity index (χ2v) is 19.1. The molecular formula is C46H71FN6O9S. The number of Topliss-reactive ketones (excluding diaryl/α,β-unsaturated/α-hetero) is 1. The van der Waals surface area contributed by atoms with E-state index in [1.807, 2.05) is 65.1 Å². The standard InChI is InChI=1S/C46H71FN6O9S/c1-13-35-46(10,58)32(28(7)38(25(3)4)51-37(54)14-2)21-20-30(52-59-23-31-24-63-42(49-31)33-16-15-17-36(48)50-33)19-18-26(5)40(29(8)41(56)45(9,47)44(57)61-35)62-43-39(55)34(53(11)12)22-27(6)60-43/h15-17,24-29,32,34-35,39-40,43,55,58H,13-14,18-23H2,1-12H3,(H2,48,50)/b51-38?,52-30-/t26?,27-,28-,29-,32-,34?,35-,39-,40+,43+,45+,46+/m1/s1. The number of alkyl halides is 1. The number of nitrogens with zero attached hydrogens (tertiary/aromatic N) is 5. The lowest BCUT2D eigenvalue weighted by Gasteiger charge is -2.44. The number of ketones is 1. The van der Waals surface area contributed by atoms with Gasteiger partial charge in [0.25, 0.3) is 5.67 Å². The van der Waals surface area contributed by atoms with Crippen molar-refractivity contribution >= 4 is 46.2 Å². The van der Waals surface area contributed by atoms with Gasteiger partial charge in [-0.2, -0.15) is 0 Å². The SMILES string of the molecule is CCC(=O)N=C(C(C)C)[C@H](C)[C@H]1CC/C(=N\OCc2csc(-c3cccc(N)n3)n2)CCC(C)[C@H](O[C@@H]2O[C@H](C)CC(N(C)C)[C@H]2O)[C@@H](C)C(=O)[C@](C)(F)C(=O)O[C@H](CC)[C@@]1(C)O. The molecule has 0 aromatic carbocycles. The van der Waals surface area contributed by atoms with Crippen LogP contribution < -0.4 is 5.73 Å². The van der Waals surface area contributed by atoms with E-state index >= 15 is 4.39 Å². The first-order valence-electron chi connectivity index (χ1n) is 22.3. The summed E-state index contributed by atoms with van der Waals surface area (Å²) in [5.41, 5.74) is 3.43. The zero-order valence-corrected chi connectivity index (χ0v) is 40.0. The Kier molecular flexibility index (Phi) is 18.5. The van der Waals surface area contributed by atoms with Gasteiger partial charge < -0.3 is 39.9 Å². The smallest absolute Gasteiger partial charge is 0.351 e. The summed E-state index contributed by atoms with van der Waals surface area (Å²) in [6.45, 7) is 16.9. The third-order valence-corrected chi connectivity index (χ3v) is 13.6. The molecule has 352 valence electrons. The van der Waals surface area contributed by atoms with Crippen LogP contribution >= 0.6 is 11.3 Å². The van der Waals surface area contributed by atoms with E-state index in [1.54, 1.807) is 32.9 Å². The Labute approximate surface area is 376 Å². The summed E-state index contributed by atoms with van der Waals surface area (Å²) < 4.78 is 35.3. The highest BCUT2D eigenvalue weighted by Crippen LogP contribution is 2.39. The van der Waals surface area contributed by atoms with Crippen LogP contribution in [0.25, 0.3) is 10.7 Å². The number of anilines is 1. The number of aliphatic hydroxyl groups is 2. The van der Waals surface area contributed by atoms with Crippen LogP contribution in [0.1, 0.15) is 120 Å². The monoisotopic (exact) mass is 902 g/mol. The number of rotatable bonds is 12. The molecule has 0 saturated carbocycles. The van der Waals surface area contributed by atoms with Gasteiger partial charge in [-0.1, -0.05) is 59.7 Å². The molecule has 4 rings (SSSR count). The molecule has 0 aliphatic carbocycles. The van der Waals surface area contributed by atoms with Gasteiger partial charge in [0.15, 0.2) is 18.7 Å². The van der Waals surface area contributed by atoms with E-state index in [4.69, 9.17) is 24.8 Å². The normalized spacial score (nSPS) is 33.2. The number of hydrogen-bond acceptors (Lipinski definition) is 15. The van der Waals surface area contributed by atoms with Crippen molar-refractivity contribution in [1.29, 1.82) is 0 Å². The highest BCUT2D eigenvalue weighted by atomic mass is 32.1. The molecule has 2 unspecified atom stereocenters. The second kappa shape index (κ2) is 22.4. The van der Waals surface area contributed by atoms with Crippen molar-refractivity contribution in [2.75, 3.05) is 19.8 Å². The number of aliphatic imine (C=N–C) groups is 1. The number of carbonyl (C=O) groups is 3. The molecule has 1 amide bonds. The Morgan fingerprint density at radius 2 is 1.79 bits per heavy atom. The average molecular weight is 903 g/mol. The number of ether oxygens (including phenoxy) is 3. The number of nitrogens with two attached hydrogens (primary N) is 1. The number of hydrogen-bond donors (Lipinski definition) is 3. The van der Waals surface area contributed by atoms with Crippen LogP contribution in [0.3, 0.4) is 0 Å². The maximum Gasteiger partial charge on any atom is 0.351 e. The van der Waals surface area contributed by atoms with Crippen LogP contribution in [-0.2, 0) is 40.0 Å². The number of cyclic esters (lactones) is 1. The summed E-state index contributed by atoms with van der Waals surface area (Å²) in [5.74, 6) is -5.50. The molecule has 4 heterocycles. The minimum Gasteiger partial charge on any atom is -0.457 e. The zero-order chi connectivity index (χ0) is 47.0. The molecule has 4 N–H and O–H groups in total. The molecular weight excluding hydrogens is 832 g/mol. The summed E-state index contributed by atoms with van der Waals surface area (Å²) in [4.78, 5) is 62.3. The van der Waals surface area contributed by atoms with E-state index in [0.717, 1.165) is 6.92 Å². The van der Waals surface area contributed by atoms with Gasteiger partial charge in [-0.05, 0) is 103 Å². The second-order valence-electron chi connectivity index (χ2n) is 18.3. The third-order valence-electron chi connectivity index (χ3n) is 12.7. The van der Waals surface area contributed by atoms with Crippen LogP contribution in [0, 0.1) is 29.6 Å². The van der Waals surface area contributed by atoms with Gasteiger partial charge >= 0.3 is 5.97 Å². The molecule has 15 nitrogen and oxygen atoms in total. The Morgan fingerprint density at radius 1 is 1.11 bits per heavy atom. The first-order chi connectivity index (χ1) is 29.5. The Hall–Kier alpha value is -3.74. The minimum absolute atomic E-state index is 0.0427. The van der Waals surface area contributed by atoms with Crippen molar-refractivity contribution in [2.24, 2.45) is 39.7 Å². The van der Waals surface area contributed by atoms with E-state index in [0.29, 0.717) is 59.3 Å². The van der Waals surface area contributed by atoms with Crippen LogP contribution in [0.15, 0.2) is 33.7 Å². The molecule has 2 aromatic rings. The first-order valence-corrected chi connectivity index (χ1v) is 23.2. The number of carbonyl (C=O) groups excluding carboxylic acids is 3. The van der Waals surface area contributed by atoms with Crippen molar-refractivity contribution in [3.8, 4) is 10.7 Å². The minimum atomic E-state index is -3.13. The maximum atomic E-state index is 16.9. The lowest BCUT2D eigenvalue weighted by molar-refractivity contribution is -0.278. The Balaban J connectivity index is 1.79. The predicted octanol–water partition coefficient (Wildman–Crippen LogP) is 6.97. The van der Waals surface area contributed by atoms with Gasteiger partial charge in [0.05, 0.1) is 23.6 Å². The van der Waals surface area contributed by atoms with Crippen LogP contribution in [0.2, 0.25) is 0 Å². The van der Waals surface area contributed by atoms with E-state index < -0.39 is 71.3 Å². The number of nitrogen functional groups attached to an aromatic ring is 1. The fraction of sp³-hybridized carbons (Fsp3) is 0.717. The van der Waals surface area contributed by atoms with Crippen molar-refractivity contribution < 1.29 is 48.0 Å². The number of likely N-dealkylation sites (N-methyl/N-ethyl adjacent to an activating group) is 1. The van der Waals surface area contributed by atoms with E-state index in [1.165, 1.54) is 18.3 Å². The highest BCUT2D eigenvalue weighted by molar-refractivity contribution is 7.13. The van der Waals surface area contributed by atoms with Crippen LogP contribution in [0.5, 0.6) is 0 Å². The van der Waals surface area contributed by atoms with Gasteiger partial charge in [-0.15, -0.1) is 11.3 Å². The number of esters is 1. The number of pyridine rings is 1. The molecule has 2 saturated heterocycles. The number of amides is 1. The van der Waals surface area contributed by atoms with Gasteiger partial charge in [-0.3, -0.25) is 9.59 Å². The third kappa shape index (κ3) is 13.0. The molecule has 2 fully saturated rings. The Bertz CT molecular complexity index is 1920. The van der Waals surface area contributed by atoms with Gasteiger partial charge in [0.2, 0.25) is 5.91 Å². The van der Waals surface area contributed by atoms with E-state index in [9.17, 15) is 24.6 Å². The summed E-state index contributed by atoms with van der Waals surface area (Å²) in [7, 11) is 3.70. The largest absolute Gasteiger partial charge is 0.457 e. The number of aromatic nitrogens is 2. The van der Waals surface area contributed by atoms with Crippen molar-refractivity contribution in [2.45, 2.75) is 169 Å². The van der Waals surface area contributed by atoms with E-state index in [2.05, 4.69) is 20.1 Å². The van der Waals surface area contributed by atoms with Crippen molar-refractivity contribution in [3.05, 3.63) is 29.3 Å². The van der Waals surface area contributed by atoms with Gasteiger partial charge in [0, 0.05) is 35.4 Å². The lowest BCUT2D eigenvalue weighted by atomic mass is 9.70. The summed E-state index contributed by atoms with van der Waals surface area (Å²) in [6, 6.07) is 5.02. The molecule has 2 aromatic heterocycles. The van der Waals surface area contributed by atoms with Gasteiger partial charge in [0.1, 0.15) is 34.3 Å². The van der Waals surface area contributed by atoms with Crippen LogP contribution in [0.4, 0.5) is 10.2 Å². The van der Waals surface area contributed by atoms with E-state index in [-0.39, 0.29) is 49.8 Å². The molecule has 17 heteroatoms. The zero-order valence-electron chi connectivity index (χ0n) is 39.2. The lowest BCUT2D eigenvalue weighted by Crippen LogP contribution is -2.57. The van der Waals surface area contributed by atoms with Crippen molar-refractivity contribution in [3.63, 3.8) is 0 Å². The number of oxime groups is 1. The molecule has 0 bridgehead atoms. The van der Waals surface area contributed by atoms with Crippen molar-refractivity contribution in [1.82, 2.24) is 14.9 Å². The molecule has 12 atom stereocenters. The number of halogens is 1. The number of thiazole rings is 1. The number of aliphatic hydroxyl groups excluding tert-OH is 1. The summed E-state index contributed by atoms with van der Waals surface area (Å²) in [6.07, 6.45) is -2.71. The molecule has 0 radical (unpaired) electrons. The average Bonchev–Trinajstić information content (AvgIpc) is 3.71. The maximum absolute atomic E-state index is 16.9. The topological polar surface area (TPSA) is 208 Å². The predicted molar refractivity (Wildman–Crippen MR) is 242 cm³/mol. The molecule has 63 heavy (non-hydrogen) atoms.